The lowest BCUT2D eigenvalue weighted by atomic mass is 9.89. The highest BCUT2D eigenvalue weighted by molar-refractivity contribution is 4.79. The van der Waals surface area contributed by atoms with Crippen LogP contribution in [0.2, 0.25) is 0 Å². The van der Waals surface area contributed by atoms with Gasteiger partial charge in [-0.2, -0.15) is 0 Å². The van der Waals surface area contributed by atoms with Gasteiger partial charge in [0.1, 0.15) is 0 Å². The molecule has 0 aliphatic carbocycles. The zero-order valence-electron chi connectivity index (χ0n) is 12.6. The first-order chi connectivity index (χ1) is 7.96. The van der Waals surface area contributed by atoms with Crippen LogP contribution in [-0.4, -0.2) is 37.1 Å². The molecular formula is C15H32N2. The fourth-order valence-corrected chi connectivity index (χ4v) is 2.61. The van der Waals surface area contributed by atoms with Crippen LogP contribution in [0, 0.1) is 11.3 Å². The van der Waals surface area contributed by atoms with Crippen LogP contribution in [0.5, 0.6) is 0 Å². The van der Waals surface area contributed by atoms with Crippen LogP contribution in [0.15, 0.2) is 0 Å². The Kier molecular flexibility index (Phi) is 5.94. The summed E-state index contributed by atoms with van der Waals surface area (Å²) in [5, 5.41) is 3.69. The normalized spacial score (nSPS) is 28.8. The summed E-state index contributed by atoms with van der Waals surface area (Å²) in [7, 11) is 0. The summed E-state index contributed by atoms with van der Waals surface area (Å²) < 4.78 is 0. The maximum Gasteiger partial charge on any atom is 0.00767 e. The number of rotatable bonds is 4. The fourth-order valence-electron chi connectivity index (χ4n) is 2.61. The molecule has 17 heavy (non-hydrogen) atoms. The third kappa shape index (κ3) is 5.39. The van der Waals surface area contributed by atoms with Crippen molar-refractivity contribution < 1.29 is 0 Å². The number of hydrogen-bond donors (Lipinski definition) is 1. The summed E-state index contributed by atoms with van der Waals surface area (Å²) in [6, 6.07) is 0.727. The van der Waals surface area contributed by atoms with E-state index in [0.717, 1.165) is 12.0 Å². The second kappa shape index (κ2) is 6.75. The fraction of sp³-hybridized carbons (Fsp3) is 1.00. The van der Waals surface area contributed by atoms with Crippen LogP contribution in [0.3, 0.4) is 0 Å². The molecule has 102 valence electrons. The van der Waals surface area contributed by atoms with Gasteiger partial charge in [0.15, 0.2) is 0 Å². The van der Waals surface area contributed by atoms with Crippen LogP contribution in [0.25, 0.3) is 0 Å². The first kappa shape index (κ1) is 15.0. The maximum absolute atomic E-state index is 3.69. The highest BCUT2D eigenvalue weighted by Crippen LogP contribution is 2.22. The topological polar surface area (TPSA) is 15.3 Å². The lowest BCUT2D eigenvalue weighted by Gasteiger charge is -2.36. The number of nitrogens with one attached hydrogen (secondary N) is 1. The largest absolute Gasteiger partial charge is 0.314 e. The van der Waals surface area contributed by atoms with Gasteiger partial charge in [0.2, 0.25) is 0 Å². The van der Waals surface area contributed by atoms with Gasteiger partial charge in [0.25, 0.3) is 0 Å². The van der Waals surface area contributed by atoms with E-state index in [1.54, 1.807) is 0 Å². The monoisotopic (exact) mass is 240 g/mol. The molecule has 1 aliphatic rings. The van der Waals surface area contributed by atoms with Crippen molar-refractivity contribution in [3.8, 4) is 0 Å². The van der Waals surface area contributed by atoms with E-state index in [0.29, 0.717) is 5.41 Å². The minimum Gasteiger partial charge on any atom is -0.314 e. The second-order valence-corrected chi connectivity index (χ2v) is 6.66. The van der Waals surface area contributed by atoms with Gasteiger partial charge >= 0.3 is 0 Å². The smallest absolute Gasteiger partial charge is 0.00767 e. The average molecular weight is 240 g/mol. The van der Waals surface area contributed by atoms with E-state index in [1.165, 1.54) is 45.4 Å². The Morgan fingerprint density at radius 1 is 1.29 bits per heavy atom. The predicted octanol–water partition coefficient (Wildman–Crippen LogP) is 3.13. The Hall–Kier alpha value is -0.0800. The van der Waals surface area contributed by atoms with E-state index < -0.39 is 0 Å². The van der Waals surface area contributed by atoms with Crippen molar-refractivity contribution in [2.75, 3.05) is 26.2 Å². The van der Waals surface area contributed by atoms with Gasteiger partial charge in [-0.1, -0.05) is 34.6 Å². The van der Waals surface area contributed by atoms with Crippen molar-refractivity contribution >= 4 is 0 Å². The Balaban J connectivity index is 2.52. The SMILES string of the molecule is CCC1CCN(CC(C)(C)CC)CC(C)CN1. The van der Waals surface area contributed by atoms with Crippen molar-refractivity contribution in [3.63, 3.8) is 0 Å². The van der Waals surface area contributed by atoms with Crippen LogP contribution in [0.1, 0.15) is 53.9 Å². The lowest BCUT2D eigenvalue weighted by Crippen LogP contribution is -2.45. The third-order valence-corrected chi connectivity index (χ3v) is 4.22. The molecule has 1 saturated heterocycles. The second-order valence-electron chi connectivity index (χ2n) is 6.66. The van der Waals surface area contributed by atoms with E-state index in [2.05, 4.69) is 44.8 Å². The molecule has 2 nitrogen and oxygen atoms in total. The van der Waals surface area contributed by atoms with Gasteiger partial charge < -0.3 is 10.2 Å². The maximum atomic E-state index is 3.69. The summed E-state index contributed by atoms with van der Waals surface area (Å²) in [5.41, 5.74) is 0.466. The summed E-state index contributed by atoms with van der Waals surface area (Å²) in [6.45, 7) is 16.7. The van der Waals surface area contributed by atoms with Gasteiger partial charge in [-0.25, -0.2) is 0 Å². The molecule has 2 unspecified atom stereocenters. The van der Waals surface area contributed by atoms with Crippen LogP contribution in [-0.2, 0) is 0 Å². The quantitative estimate of drug-likeness (QED) is 0.812. The number of hydrogen-bond acceptors (Lipinski definition) is 2. The van der Waals surface area contributed by atoms with E-state index in [4.69, 9.17) is 0 Å². The first-order valence-electron chi connectivity index (χ1n) is 7.42. The van der Waals surface area contributed by atoms with Gasteiger partial charge in [0, 0.05) is 19.1 Å². The molecule has 0 spiro atoms. The molecular weight excluding hydrogens is 208 g/mol. The molecule has 0 aromatic heterocycles. The molecule has 0 radical (unpaired) electrons. The van der Waals surface area contributed by atoms with Gasteiger partial charge in [-0.05, 0) is 43.7 Å². The standard InChI is InChI=1S/C15H32N2/c1-6-14-8-9-17(11-13(3)10-16-14)12-15(4,5)7-2/h13-14,16H,6-12H2,1-5H3. The molecule has 1 rings (SSSR count). The van der Waals surface area contributed by atoms with Crippen LogP contribution >= 0.6 is 0 Å². The molecule has 0 amide bonds. The Morgan fingerprint density at radius 2 is 2.00 bits per heavy atom. The lowest BCUT2D eigenvalue weighted by molar-refractivity contribution is 0.135. The van der Waals surface area contributed by atoms with Crippen molar-refractivity contribution in [1.29, 1.82) is 0 Å². The van der Waals surface area contributed by atoms with Crippen LogP contribution in [0.4, 0.5) is 0 Å². The molecule has 1 heterocycles. The molecule has 2 atom stereocenters. The zero-order valence-corrected chi connectivity index (χ0v) is 12.6. The van der Waals surface area contributed by atoms with Gasteiger partial charge in [0.05, 0.1) is 0 Å². The van der Waals surface area contributed by atoms with E-state index >= 15 is 0 Å². The number of nitrogens with zero attached hydrogens (tertiary/aromatic N) is 1. The molecule has 2 heteroatoms. The van der Waals surface area contributed by atoms with E-state index in [9.17, 15) is 0 Å². The van der Waals surface area contributed by atoms with Gasteiger partial charge in [-0.15, -0.1) is 0 Å². The highest BCUT2D eigenvalue weighted by atomic mass is 15.1. The molecule has 0 bridgehead atoms. The molecule has 1 aliphatic heterocycles. The summed E-state index contributed by atoms with van der Waals surface area (Å²) in [4.78, 5) is 2.69. The molecule has 1 N–H and O–H groups in total. The molecule has 1 fully saturated rings. The zero-order chi connectivity index (χ0) is 12.9. The minimum absolute atomic E-state index is 0.466. The average Bonchev–Trinajstić information content (AvgIpc) is 2.26. The highest BCUT2D eigenvalue weighted by Gasteiger charge is 2.23. The minimum atomic E-state index is 0.466. The Morgan fingerprint density at radius 3 is 2.59 bits per heavy atom. The van der Waals surface area contributed by atoms with Gasteiger partial charge in [-0.3, -0.25) is 0 Å². The van der Waals surface area contributed by atoms with Crippen molar-refractivity contribution in [2.45, 2.75) is 59.9 Å². The molecule has 0 aromatic rings. The summed E-state index contributed by atoms with van der Waals surface area (Å²) in [5.74, 6) is 0.775. The molecule has 0 saturated carbocycles. The molecule has 0 aromatic carbocycles. The third-order valence-electron chi connectivity index (χ3n) is 4.22. The summed E-state index contributed by atoms with van der Waals surface area (Å²) >= 11 is 0. The van der Waals surface area contributed by atoms with Crippen molar-refractivity contribution in [2.24, 2.45) is 11.3 Å². The van der Waals surface area contributed by atoms with E-state index in [-0.39, 0.29) is 0 Å². The Labute approximate surface area is 108 Å². The van der Waals surface area contributed by atoms with E-state index in [1.807, 2.05) is 0 Å². The van der Waals surface area contributed by atoms with Crippen molar-refractivity contribution in [3.05, 3.63) is 0 Å². The van der Waals surface area contributed by atoms with Crippen LogP contribution < -0.4 is 5.32 Å². The van der Waals surface area contributed by atoms with Crippen molar-refractivity contribution in [1.82, 2.24) is 10.2 Å². The predicted molar refractivity (Wildman–Crippen MR) is 76.4 cm³/mol. The first-order valence-corrected chi connectivity index (χ1v) is 7.42. The summed E-state index contributed by atoms with van der Waals surface area (Å²) in [6.07, 6.45) is 3.84. The Bertz CT molecular complexity index is 213.